The molecule has 19 heavy (non-hydrogen) atoms. The van der Waals surface area contributed by atoms with Gasteiger partial charge >= 0.3 is 0 Å². The highest BCUT2D eigenvalue weighted by Crippen LogP contribution is 2.32. The molecule has 0 radical (unpaired) electrons. The van der Waals surface area contributed by atoms with E-state index in [4.69, 9.17) is 0 Å². The molecule has 1 aromatic carbocycles. The summed E-state index contributed by atoms with van der Waals surface area (Å²) in [6.45, 7) is 5.54. The fourth-order valence-electron chi connectivity index (χ4n) is 2.77. The maximum absolute atomic E-state index is 3.72. The summed E-state index contributed by atoms with van der Waals surface area (Å²) in [6.07, 6.45) is 6.94. The smallest absolute Gasteiger partial charge is 0.0412 e. The fourth-order valence-corrected chi connectivity index (χ4v) is 4.21. The van der Waals surface area contributed by atoms with E-state index in [1.807, 2.05) is 0 Å². The molecule has 0 aliphatic heterocycles. The maximum Gasteiger partial charge on any atom is 0.0412 e. The molecule has 1 saturated carbocycles. The summed E-state index contributed by atoms with van der Waals surface area (Å²) in [6, 6.07) is 9.50. The second kappa shape index (κ2) is 7.96. The van der Waals surface area contributed by atoms with E-state index >= 15 is 0 Å². The predicted octanol–water partition coefficient (Wildman–Crippen LogP) is 4.71. The van der Waals surface area contributed by atoms with Crippen molar-refractivity contribution in [2.75, 3.05) is 12.3 Å². The lowest BCUT2D eigenvalue weighted by molar-refractivity contribution is 0.576. The first-order valence-corrected chi connectivity index (χ1v) is 8.76. The van der Waals surface area contributed by atoms with Crippen molar-refractivity contribution in [2.45, 2.75) is 57.2 Å². The molecule has 106 valence electrons. The molecular weight excluding hydrogens is 250 g/mol. The Bertz CT molecular complexity index is 371. The van der Waals surface area contributed by atoms with Crippen LogP contribution in [0.3, 0.4) is 0 Å². The van der Waals surface area contributed by atoms with Crippen molar-refractivity contribution in [3.8, 4) is 0 Å². The number of thioether (sulfide) groups is 1. The van der Waals surface area contributed by atoms with E-state index in [0.29, 0.717) is 6.04 Å². The number of hydrogen-bond donors (Lipinski definition) is 1. The summed E-state index contributed by atoms with van der Waals surface area (Å²) in [5.41, 5.74) is 2.82. The van der Waals surface area contributed by atoms with Crippen LogP contribution in [0.5, 0.6) is 0 Å². The van der Waals surface area contributed by atoms with Gasteiger partial charge in [-0.1, -0.05) is 49.6 Å². The van der Waals surface area contributed by atoms with Crippen LogP contribution in [0.1, 0.15) is 56.2 Å². The summed E-state index contributed by atoms with van der Waals surface area (Å²) in [7, 11) is 0. The number of benzene rings is 1. The Balaban J connectivity index is 1.94. The van der Waals surface area contributed by atoms with Crippen molar-refractivity contribution >= 4 is 11.8 Å². The lowest BCUT2D eigenvalue weighted by Gasteiger charge is -2.21. The highest BCUT2D eigenvalue weighted by molar-refractivity contribution is 7.99. The van der Waals surface area contributed by atoms with Crippen LogP contribution in [-0.2, 0) is 0 Å². The van der Waals surface area contributed by atoms with E-state index < -0.39 is 0 Å². The number of rotatable bonds is 7. The Labute approximate surface area is 122 Å². The van der Waals surface area contributed by atoms with Gasteiger partial charge in [0, 0.05) is 17.0 Å². The SMILES string of the molecule is CCCNC(CSC1CCCC1)c1cccc(C)c1. The van der Waals surface area contributed by atoms with Crippen molar-refractivity contribution in [1.29, 1.82) is 0 Å². The van der Waals surface area contributed by atoms with Gasteiger partial charge in [0.2, 0.25) is 0 Å². The Morgan fingerprint density at radius 2 is 2.11 bits per heavy atom. The molecule has 0 spiro atoms. The summed E-state index contributed by atoms with van der Waals surface area (Å²) in [5, 5.41) is 4.63. The largest absolute Gasteiger partial charge is 0.309 e. The Hall–Kier alpha value is -0.470. The van der Waals surface area contributed by atoms with Crippen molar-refractivity contribution in [3.63, 3.8) is 0 Å². The van der Waals surface area contributed by atoms with Crippen LogP contribution in [-0.4, -0.2) is 17.5 Å². The van der Waals surface area contributed by atoms with Gasteiger partial charge in [0.15, 0.2) is 0 Å². The van der Waals surface area contributed by atoms with Crippen molar-refractivity contribution in [1.82, 2.24) is 5.32 Å². The summed E-state index contributed by atoms with van der Waals surface area (Å²) < 4.78 is 0. The molecule has 1 aliphatic carbocycles. The summed E-state index contributed by atoms with van der Waals surface area (Å²) >= 11 is 2.18. The monoisotopic (exact) mass is 277 g/mol. The summed E-state index contributed by atoms with van der Waals surface area (Å²) in [4.78, 5) is 0. The predicted molar refractivity (Wildman–Crippen MR) is 86.9 cm³/mol. The van der Waals surface area contributed by atoms with Crippen LogP contribution in [0.25, 0.3) is 0 Å². The molecule has 1 atom stereocenters. The molecule has 0 aromatic heterocycles. The third kappa shape index (κ3) is 4.85. The van der Waals surface area contributed by atoms with Crippen molar-refractivity contribution < 1.29 is 0 Å². The lowest BCUT2D eigenvalue weighted by atomic mass is 10.1. The average Bonchev–Trinajstić information content (AvgIpc) is 2.92. The Morgan fingerprint density at radius 3 is 2.79 bits per heavy atom. The molecule has 2 heteroatoms. The minimum atomic E-state index is 0.519. The zero-order valence-corrected chi connectivity index (χ0v) is 13.1. The van der Waals surface area contributed by atoms with Crippen LogP contribution < -0.4 is 5.32 Å². The third-order valence-corrected chi connectivity index (χ3v) is 5.35. The van der Waals surface area contributed by atoms with Crippen LogP contribution in [0.15, 0.2) is 24.3 Å². The lowest BCUT2D eigenvalue weighted by Crippen LogP contribution is -2.24. The van der Waals surface area contributed by atoms with Crippen LogP contribution >= 0.6 is 11.8 Å². The number of nitrogens with one attached hydrogen (secondary N) is 1. The molecule has 0 heterocycles. The molecule has 1 nitrogen and oxygen atoms in total. The zero-order chi connectivity index (χ0) is 13.5. The van der Waals surface area contributed by atoms with Crippen LogP contribution in [0, 0.1) is 6.92 Å². The molecule has 0 amide bonds. The second-order valence-electron chi connectivity index (χ2n) is 5.66. The highest BCUT2D eigenvalue weighted by atomic mass is 32.2. The number of hydrogen-bond acceptors (Lipinski definition) is 2. The normalized spacial score (nSPS) is 17.8. The molecule has 1 N–H and O–H groups in total. The van der Waals surface area contributed by atoms with E-state index in [1.165, 1.54) is 49.0 Å². The first kappa shape index (κ1) is 14.9. The topological polar surface area (TPSA) is 12.0 Å². The Kier molecular flexibility index (Phi) is 6.25. The van der Waals surface area contributed by atoms with Crippen molar-refractivity contribution in [2.24, 2.45) is 0 Å². The van der Waals surface area contributed by atoms with Gasteiger partial charge in [0.05, 0.1) is 0 Å². The minimum Gasteiger partial charge on any atom is -0.309 e. The van der Waals surface area contributed by atoms with E-state index in [2.05, 4.69) is 55.2 Å². The minimum absolute atomic E-state index is 0.519. The average molecular weight is 277 g/mol. The van der Waals surface area contributed by atoms with E-state index in [0.717, 1.165) is 11.8 Å². The number of aryl methyl sites for hydroxylation is 1. The highest BCUT2D eigenvalue weighted by Gasteiger charge is 2.18. The Morgan fingerprint density at radius 1 is 1.32 bits per heavy atom. The molecule has 1 unspecified atom stereocenters. The quantitative estimate of drug-likeness (QED) is 0.774. The van der Waals surface area contributed by atoms with Crippen LogP contribution in [0.4, 0.5) is 0 Å². The van der Waals surface area contributed by atoms with Gasteiger partial charge in [-0.2, -0.15) is 11.8 Å². The van der Waals surface area contributed by atoms with Gasteiger partial charge in [-0.05, 0) is 38.3 Å². The molecule has 1 aliphatic rings. The molecule has 1 fully saturated rings. The fraction of sp³-hybridized carbons (Fsp3) is 0.647. The van der Waals surface area contributed by atoms with Crippen molar-refractivity contribution in [3.05, 3.63) is 35.4 Å². The van der Waals surface area contributed by atoms with E-state index in [9.17, 15) is 0 Å². The van der Waals surface area contributed by atoms with Gasteiger partial charge < -0.3 is 5.32 Å². The third-order valence-electron chi connectivity index (χ3n) is 3.89. The van der Waals surface area contributed by atoms with Gasteiger partial charge in [-0.15, -0.1) is 0 Å². The van der Waals surface area contributed by atoms with Crippen LogP contribution in [0.2, 0.25) is 0 Å². The molecule has 0 saturated heterocycles. The summed E-state index contributed by atoms with van der Waals surface area (Å²) in [5.74, 6) is 1.22. The van der Waals surface area contributed by atoms with Gasteiger partial charge in [-0.3, -0.25) is 0 Å². The van der Waals surface area contributed by atoms with Gasteiger partial charge in [0.25, 0.3) is 0 Å². The van der Waals surface area contributed by atoms with E-state index in [1.54, 1.807) is 0 Å². The second-order valence-corrected chi connectivity index (χ2v) is 6.99. The van der Waals surface area contributed by atoms with E-state index in [-0.39, 0.29) is 0 Å². The van der Waals surface area contributed by atoms with Gasteiger partial charge in [-0.25, -0.2) is 0 Å². The van der Waals surface area contributed by atoms with Gasteiger partial charge in [0.1, 0.15) is 0 Å². The molecular formula is C17H27NS. The molecule has 2 rings (SSSR count). The molecule has 0 bridgehead atoms. The maximum atomic E-state index is 3.72. The molecule has 1 aromatic rings. The first-order valence-electron chi connectivity index (χ1n) is 7.71. The zero-order valence-electron chi connectivity index (χ0n) is 12.3. The first-order chi connectivity index (χ1) is 9.29. The standard InChI is InChI=1S/C17H27NS/c1-3-11-18-17(13-19-16-9-4-5-10-16)15-8-6-7-14(2)12-15/h6-8,12,16-18H,3-5,9-11,13H2,1-2H3.